The van der Waals surface area contributed by atoms with E-state index in [1.54, 1.807) is 74.9 Å². The van der Waals surface area contributed by atoms with Gasteiger partial charge in [-0.2, -0.15) is 15.3 Å². The molecule has 9 heterocycles. The van der Waals surface area contributed by atoms with Gasteiger partial charge in [0.2, 0.25) is 5.91 Å². The molecule has 112 heavy (non-hydrogen) atoms. The second-order valence-corrected chi connectivity index (χ2v) is 31.9. The monoisotopic (exact) mass is 1570 g/mol. The molecule has 3 saturated carbocycles. The molecular formula is C85H85Cl3F3N15O6. The number of halogens is 6. The molecule has 21 nitrogen and oxygen atoms in total. The molecule has 9 aromatic rings. The normalized spacial score (nSPS) is 22.1. The number of ether oxygens (including phenoxy) is 1. The second-order valence-electron chi connectivity index (χ2n) is 30.6. The van der Waals surface area contributed by atoms with E-state index in [0.29, 0.717) is 98.4 Å². The zero-order valence-corrected chi connectivity index (χ0v) is 64.3. The van der Waals surface area contributed by atoms with Crippen LogP contribution in [-0.2, 0) is 29.2 Å². The summed E-state index contributed by atoms with van der Waals surface area (Å²) in [6.45, 7) is 8.86. The van der Waals surface area contributed by atoms with E-state index in [9.17, 15) is 37.1 Å². The first-order valence-corrected chi connectivity index (χ1v) is 39.4. The van der Waals surface area contributed by atoms with Gasteiger partial charge in [-0.05, 0) is 235 Å². The number of fused-ring (bicyclic) bond motifs is 6. The van der Waals surface area contributed by atoms with Gasteiger partial charge < -0.3 is 15.0 Å². The summed E-state index contributed by atoms with van der Waals surface area (Å²) in [5.41, 5.74) is 22.0. The first-order chi connectivity index (χ1) is 54.3. The third-order valence-electron chi connectivity index (χ3n) is 23.2. The Morgan fingerprint density at radius 1 is 0.411 bits per heavy atom. The largest absolute Gasteiger partial charge is 0.453 e. The van der Waals surface area contributed by atoms with E-state index < -0.39 is 6.09 Å². The number of carbonyl (C=O) groups excluding carboxylic acids is 5. The van der Waals surface area contributed by atoms with Crippen LogP contribution in [0.5, 0.6) is 0 Å². The molecule has 3 aromatic heterocycles. The maximum Gasteiger partial charge on any atom is 0.410 e. The Morgan fingerprint density at radius 2 is 0.714 bits per heavy atom. The van der Waals surface area contributed by atoms with Crippen molar-refractivity contribution < 1.29 is 41.9 Å². The van der Waals surface area contributed by atoms with Gasteiger partial charge in [-0.15, -0.1) is 0 Å². The average molecular weight is 1580 g/mol. The van der Waals surface area contributed by atoms with E-state index in [0.717, 1.165) is 107 Å². The Morgan fingerprint density at radius 3 is 1.04 bits per heavy atom. The molecule has 6 aliphatic heterocycles. The summed E-state index contributed by atoms with van der Waals surface area (Å²) in [4.78, 5) is 69.2. The lowest BCUT2D eigenvalue weighted by Gasteiger charge is -2.29. The highest BCUT2D eigenvalue weighted by Crippen LogP contribution is 2.42. The lowest BCUT2D eigenvalue weighted by molar-refractivity contribution is -0.128. The zero-order chi connectivity index (χ0) is 77.4. The number of nitrogens with zero attached hydrogens (tertiary/aromatic N) is 11. The highest BCUT2D eigenvalue weighted by Gasteiger charge is 2.43. The standard InChI is InChI=1S/C29H29ClFN5O3.C29H29ClFN5O2.C27H27ClFN5O/c1-39-29(38)34-14-21(13-18-5-9-23(31)10-6-18)27-25(17-34)26(32-36(27)24-11-7-22(30)8-12-24)28(37)33-35-15-19-3-2-4-20(19)16-35;1-18(37)34-14-22(13-19-5-9-24(31)10-6-19)28-26(17-34)27(32-36(28)25-11-7-23(30)8-12-25)29(38)33-35-15-20-3-2-4-21(20)16-35;28-21-6-10-23(11-7-21)34-26-20(12-17-4-8-22(29)9-5-17)13-30-14-24(26)25(31-34)27(35)32-33-15-18-2-1-3-19(18)16-33/h5-13,19-20H,2-4,14-17H2,1H3,(H,33,37);5-13,20-21H,2-4,14-17H2,1H3,(H,33,38);4-12,18-19,30H,1-3,13-16H2,(H,32,35)/b21-13+;22-13+;20-12+. The van der Waals surface area contributed by atoms with Gasteiger partial charge in [0, 0.05) is 97.6 Å². The summed E-state index contributed by atoms with van der Waals surface area (Å²) in [7, 11) is 1.33. The summed E-state index contributed by atoms with van der Waals surface area (Å²) < 4.78 is 51.0. The van der Waals surface area contributed by atoms with Crippen molar-refractivity contribution in [3.05, 3.63) is 246 Å². The summed E-state index contributed by atoms with van der Waals surface area (Å²) >= 11 is 18.4. The van der Waals surface area contributed by atoms with Gasteiger partial charge in [-0.3, -0.25) is 40.4 Å². The molecular weight excluding hydrogens is 1490 g/mol. The smallest absolute Gasteiger partial charge is 0.410 e. The summed E-state index contributed by atoms with van der Waals surface area (Å²) in [5, 5.41) is 25.7. The van der Waals surface area contributed by atoms with Crippen molar-refractivity contribution in [3.63, 3.8) is 0 Å². The van der Waals surface area contributed by atoms with Gasteiger partial charge in [0.05, 0.1) is 60.9 Å². The predicted molar refractivity (Wildman–Crippen MR) is 424 cm³/mol. The van der Waals surface area contributed by atoms with Gasteiger partial charge in [0.25, 0.3) is 17.7 Å². The molecule has 6 aromatic carbocycles. The first kappa shape index (κ1) is 75.8. The topological polar surface area (TPSA) is 212 Å². The Bertz CT molecular complexity index is 5110. The quantitative estimate of drug-likeness (QED) is 0.0897. The van der Waals surface area contributed by atoms with E-state index in [2.05, 4.69) is 26.6 Å². The number of rotatable bonds is 12. The molecule has 6 unspecified atom stereocenters. The minimum atomic E-state index is -0.511. The molecule has 9 aliphatic rings. The van der Waals surface area contributed by atoms with E-state index in [-0.39, 0.29) is 66.4 Å². The minimum Gasteiger partial charge on any atom is -0.453 e. The van der Waals surface area contributed by atoms with Crippen molar-refractivity contribution in [2.24, 2.45) is 35.5 Å². The van der Waals surface area contributed by atoms with Gasteiger partial charge in [0.15, 0.2) is 17.1 Å². The molecule has 18 rings (SSSR count). The van der Waals surface area contributed by atoms with Crippen LogP contribution >= 0.6 is 34.8 Å². The summed E-state index contributed by atoms with van der Waals surface area (Å²) in [6.07, 6.45) is 16.4. The van der Waals surface area contributed by atoms with Crippen molar-refractivity contribution in [2.45, 2.75) is 84.3 Å². The van der Waals surface area contributed by atoms with Gasteiger partial charge in [-0.1, -0.05) is 90.5 Å². The van der Waals surface area contributed by atoms with Crippen LogP contribution < -0.4 is 21.6 Å². The van der Waals surface area contributed by atoms with E-state index >= 15 is 0 Å². The SMILES string of the molecule is CC(=O)N1C/C(=C\c2ccc(F)cc2)c2c(c(C(=O)NN3CC4CCCC4C3)nn2-c2ccc(Cl)cc2)C1.COC(=O)N1C/C(=C\c2ccc(F)cc2)c2c(c(C(=O)NN3CC4CCCC4C3)nn2-c2ccc(Cl)cc2)C1.O=C(NN1CC2CCCC2C1)c1nn(-c2ccc(Cl)cc2)c2c1CNC/C2=C\c1ccc(F)cc1. The number of amides is 5. The van der Waals surface area contributed by atoms with Crippen LogP contribution in [0.3, 0.4) is 0 Å². The van der Waals surface area contributed by atoms with Crippen molar-refractivity contribution >= 4 is 99.5 Å². The molecule has 578 valence electrons. The van der Waals surface area contributed by atoms with Gasteiger partial charge in [0.1, 0.15) is 17.5 Å². The Hall–Kier alpha value is -10.2. The Kier molecular flexibility index (Phi) is 22.3. The fourth-order valence-electron chi connectivity index (χ4n) is 17.8. The molecule has 0 bridgehead atoms. The van der Waals surface area contributed by atoms with E-state index in [4.69, 9.17) is 54.8 Å². The predicted octanol–water partition coefficient (Wildman–Crippen LogP) is 14.8. The highest BCUT2D eigenvalue weighted by atomic mass is 35.5. The fraction of sp³-hybridized carbons (Fsp3) is 0.341. The van der Waals surface area contributed by atoms with Gasteiger partial charge >= 0.3 is 6.09 Å². The van der Waals surface area contributed by atoms with Crippen LogP contribution in [-0.4, -0.2) is 150 Å². The molecule has 5 amide bonds. The first-order valence-electron chi connectivity index (χ1n) is 38.3. The maximum absolute atomic E-state index is 13.7. The van der Waals surface area contributed by atoms with Crippen LogP contribution in [0, 0.1) is 53.0 Å². The van der Waals surface area contributed by atoms with E-state index in [1.165, 1.54) is 113 Å². The van der Waals surface area contributed by atoms with Crippen LogP contribution in [0.15, 0.2) is 146 Å². The fourth-order valence-corrected chi connectivity index (χ4v) is 18.2. The molecule has 3 aliphatic carbocycles. The zero-order valence-electron chi connectivity index (χ0n) is 62.0. The van der Waals surface area contributed by atoms with Crippen molar-refractivity contribution in [3.8, 4) is 17.1 Å². The van der Waals surface area contributed by atoms with Crippen LogP contribution in [0.25, 0.3) is 52.0 Å². The Balaban J connectivity index is 0.000000127. The molecule has 0 spiro atoms. The minimum absolute atomic E-state index is 0.0985. The lowest BCUT2D eigenvalue weighted by Crippen LogP contribution is -2.42. The number of benzene rings is 6. The maximum atomic E-state index is 13.7. The number of carbonyl (C=O) groups is 5. The lowest BCUT2D eigenvalue weighted by atomic mass is 9.97. The molecule has 6 atom stereocenters. The molecule has 27 heteroatoms. The van der Waals surface area contributed by atoms with Crippen molar-refractivity contribution in [2.75, 3.05) is 66.0 Å². The van der Waals surface area contributed by atoms with Crippen molar-refractivity contribution in [1.29, 1.82) is 0 Å². The Labute approximate surface area is 661 Å². The highest BCUT2D eigenvalue weighted by molar-refractivity contribution is 6.31. The van der Waals surface area contributed by atoms with E-state index in [1.807, 2.05) is 81.5 Å². The third-order valence-corrected chi connectivity index (χ3v) is 24.0. The summed E-state index contributed by atoms with van der Waals surface area (Å²) in [6, 6.07) is 40.6. The molecule has 0 radical (unpaired) electrons. The number of hydrazine groups is 3. The second kappa shape index (κ2) is 32.9. The number of methoxy groups -OCH3 is 1. The average Bonchev–Trinajstić information content (AvgIpc) is 1.63. The molecule has 4 N–H and O–H groups in total. The van der Waals surface area contributed by atoms with Crippen LogP contribution in [0.4, 0.5) is 18.0 Å². The van der Waals surface area contributed by atoms with Crippen molar-refractivity contribution in [1.82, 2.24) is 75.8 Å². The third kappa shape index (κ3) is 16.4. The van der Waals surface area contributed by atoms with Crippen LogP contribution in [0.2, 0.25) is 15.1 Å². The number of hydrogen-bond donors (Lipinski definition) is 4. The van der Waals surface area contributed by atoms with Gasteiger partial charge in [-0.25, -0.2) is 47.0 Å². The van der Waals surface area contributed by atoms with Crippen LogP contribution in [0.1, 0.15) is 147 Å². The summed E-state index contributed by atoms with van der Waals surface area (Å²) in [5.74, 6) is 2.06. The number of hydrogen-bond acceptors (Lipinski definition) is 13. The number of nitrogens with one attached hydrogen (secondary N) is 4. The molecule has 6 fully saturated rings. The number of aromatic nitrogens is 6. The molecule has 3 saturated heterocycles.